The van der Waals surface area contributed by atoms with E-state index in [0.717, 1.165) is 28.5 Å². The van der Waals surface area contributed by atoms with Gasteiger partial charge in [-0.25, -0.2) is 4.98 Å². The van der Waals surface area contributed by atoms with Gasteiger partial charge < -0.3 is 10.6 Å². The van der Waals surface area contributed by atoms with Crippen LogP contribution in [0.4, 0.5) is 10.9 Å². The normalized spacial score (nSPS) is 11.2. The molecule has 9 heteroatoms. The molecule has 3 rings (SSSR count). The first-order valence-corrected chi connectivity index (χ1v) is 9.36. The summed E-state index contributed by atoms with van der Waals surface area (Å²) in [6, 6.07) is 12.8. The van der Waals surface area contributed by atoms with Gasteiger partial charge in [0.05, 0.1) is 17.8 Å². The molecule has 2 aromatic heterocycles. The second-order valence-corrected chi connectivity index (χ2v) is 7.01. The fourth-order valence-corrected chi connectivity index (χ4v) is 3.06. The van der Waals surface area contributed by atoms with Gasteiger partial charge in [0.2, 0.25) is 11.8 Å². The topological polar surface area (TPSA) is 121 Å². The molecule has 1 atom stereocenters. The Morgan fingerprint density at radius 3 is 2.72 bits per heavy atom. The van der Waals surface area contributed by atoms with Gasteiger partial charge in [-0.1, -0.05) is 36.1 Å². The highest BCUT2D eigenvalue weighted by Crippen LogP contribution is 2.25. The van der Waals surface area contributed by atoms with Crippen molar-refractivity contribution in [2.45, 2.75) is 12.8 Å². The van der Waals surface area contributed by atoms with Gasteiger partial charge in [-0.05, 0) is 36.8 Å². The number of carbonyl (C=O) groups excluding carboxylic acids is 2. The average Bonchev–Trinajstić information content (AvgIpc) is 3.21. The summed E-state index contributed by atoms with van der Waals surface area (Å²) in [6.07, 6.45) is 2.57. The molecule has 8 nitrogen and oxygen atoms in total. The van der Waals surface area contributed by atoms with Crippen molar-refractivity contribution < 1.29 is 9.59 Å². The van der Waals surface area contributed by atoms with Crippen molar-refractivity contribution in [3.63, 3.8) is 0 Å². The van der Waals surface area contributed by atoms with Gasteiger partial charge in [-0.15, -0.1) is 10.2 Å². The lowest BCUT2D eigenvalue weighted by atomic mass is 9.97. The number of hydrogen-bond acceptors (Lipinski definition) is 7. The van der Waals surface area contributed by atoms with Crippen LogP contribution in [0.5, 0.6) is 0 Å². The van der Waals surface area contributed by atoms with E-state index in [9.17, 15) is 9.59 Å². The largest absolute Gasteiger partial charge is 0.306 e. The predicted octanol–water partition coefficient (Wildman–Crippen LogP) is 3.34. The van der Waals surface area contributed by atoms with Crippen LogP contribution in [0.15, 0.2) is 55.3 Å². The van der Waals surface area contributed by atoms with Crippen LogP contribution < -0.4 is 10.6 Å². The highest BCUT2D eigenvalue weighted by Gasteiger charge is 2.17. The maximum absolute atomic E-state index is 12.5. The Balaban J connectivity index is 1.74. The summed E-state index contributed by atoms with van der Waals surface area (Å²) in [7, 11) is 0. The standard InChI is InChI=1S/C20H16N6O2S/c1-3-18(27)23-17-8-7-16(25-26-17)14-6-4-5-13(9-14)12(2)19(28)24-20-22-11-15(10-21)29-20/h3-9,11-12H,1H2,2H3,(H,22,24,28)(H,23,26,27)/t12-/m0/s1. The summed E-state index contributed by atoms with van der Waals surface area (Å²) in [6.45, 7) is 5.17. The van der Waals surface area contributed by atoms with Crippen molar-refractivity contribution in [2.24, 2.45) is 0 Å². The van der Waals surface area contributed by atoms with Gasteiger partial charge in [0, 0.05) is 5.56 Å². The molecule has 0 radical (unpaired) electrons. The zero-order valence-corrected chi connectivity index (χ0v) is 16.2. The van der Waals surface area contributed by atoms with Crippen molar-refractivity contribution in [1.82, 2.24) is 15.2 Å². The van der Waals surface area contributed by atoms with Crippen LogP contribution in [-0.2, 0) is 9.59 Å². The molecular weight excluding hydrogens is 388 g/mol. The third kappa shape index (κ3) is 4.88. The molecule has 0 aliphatic rings. The number of amides is 2. The van der Waals surface area contributed by atoms with E-state index in [0.29, 0.717) is 21.5 Å². The monoisotopic (exact) mass is 404 g/mol. The highest BCUT2D eigenvalue weighted by molar-refractivity contribution is 7.16. The van der Waals surface area contributed by atoms with E-state index in [2.05, 4.69) is 32.4 Å². The second kappa shape index (κ2) is 8.86. The molecule has 0 aliphatic carbocycles. The smallest absolute Gasteiger partial charge is 0.248 e. The molecule has 0 aliphatic heterocycles. The first-order valence-electron chi connectivity index (χ1n) is 8.54. The zero-order valence-electron chi connectivity index (χ0n) is 15.4. The first-order chi connectivity index (χ1) is 14.0. The number of carbonyl (C=O) groups is 2. The maximum atomic E-state index is 12.5. The molecule has 0 spiro atoms. The van der Waals surface area contributed by atoms with Gasteiger partial charge in [0.1, 0.15) is 10.9 Å². The fourth-order valence-electron chi connectivity index (χ4n) is 2.45. The third-order valence-electron chi connectivity index (χ3n) is 4.02. The molecule has 0 saturated heterocycles. The number of thiazole rings is 1. The fraction of sp³-hybridized carbons (Fsp3) is 0.100. The summed E-state index contributed by atoms with van der Waals surface area (Å²) >= 11 is 1.12. The quantitative estimate of drug-likeness (QED) is 0.608. The molecule has 2 amide bonds. The molecule has 0 saturated carbocycles. The average molecular weight is 404 g/mol. The van der Waals surface area contributed by atoms with E-state index >= 15 is 0 Å². The number of anilines is 2. The van der Waals surface area contributed by atoms with Crippen molar-refractivity contribution in [1.29, 1.82) is 5.26 Å². The SMILES string of the molecule is C=CC(=O)Nc1ccc(-c2cccc([C@H](C)C(=O)Nc3ncc(C#N)s3)c2)nn1. The summed E-state index contributed by atoms with van der Waals surface area (Å²) in [5, 5.41) is 22.6. The summed E-state index contributed by atoms with van der Waals surface area (Å²) in [4.78, 5) is 28.3. The van der Waals surface area contributed by atoms with E-state index in [4.69, 9.17) is 5.26 Å². The van der Waals surface area contributed by atoms with Gasteiger partial charge in [-0.3, -0.25) is 9.59 Å². The van der Waals surface area contributed by atoms with E-state index in [1.54, 1.807) is 19.1 Å². The van der Waals surface area contributed by atoms with Gasteiger partial charge in [-0.2, -0.15) is 5.26 Å². The number of aromatic nitrogens is 3. The van der Waals surface area contributed by atoms with Crippen LogP contribution in [0.3, 0.4) is 0 Å². The lowest BCUT2D eigenvalue weighted by Gasteiger charge is -2.12. The Bertz CT molecular complexity index is 1100. The number of nitrogens with zero attached hydrogens (tertiary/aromatic N) is 4. The Kier molecular flexibility index (Phi) is 6.06. The van der Waals surface area contributed by atoms with Crippen molar-refractivity contribution >= 4 is 34.1 Å². The van der Waals surface area contributed by atoms with Crippen molar-refractivity contribution in [2.75, 3.05) is 10.6 Å². The highest BCUT2D eigenvalue weighted by atomic mass is 32.1. The molecule has 2 heterocycles. The molecule has 0 fully saturated rings. The summed E-state index contributed by atoms with van der Waals surface area (Å²) in [5.74, 6) is -0.711. The maximum Gasteiger partial charge on any atom is 0.248 e. The minimum Gasteiger partial charge on any atom is -0.306 e. The van der Waals surface area contributed by atoms with Crippen LogP contribution in [-0.4, -0.2) is 27.0 Å². The van der Waals surface area contributed by atoms with E-state index < -0.39 is 5.92 Å². The van der Waals surface area contributed by atoms with Crippen LogP contribution in [0.2, 0.25) is 0 Å². The number of nitriles is 1. The Hall–Kier alpha value is -3.90. The van der Waals surface area contributed by atoms with Crippen LogP contribution in [0.25, 0.3) is 11.3 Å². The minimum atomic E-state index is -0.441. The summed E-state index contributed by atoms with van der Waals surface area (Å²) < 4.78 is 0. The molecule has 144 valence electrons. The van der Waals surface area contributed by atoms with E-state index in [-0.39, 0.29) is 11.8 Å². The predicted molar refractivity (Wildman–Crippen MR) is 110 cm³/mol. The molecule has 3 aromatic rings. The van der Waals surface area contributed by atoms with Crippen LogP contribution in [0.1, 0.15) is 23.3 Å². The third-order valence-corrected chi connectivity index (χ3v) is 4.84. The lowest BCUT2D eigenvalue weighted by molar-refractivity contribution is -0.117. The number of rotatable bonds is 6. The molecular formula is C20H16N6O2S. The molecule has 0 bridgehead atoms. The Labute approximate surface area is 170 Å². The van der Waals surface area contributed by atoms with Crippen molar-refractivity contribution in [3.8, 4) is 17.3 Å². The van der Waals surface area contributed by atoms with E-state index in [1.165, 1.54) is 6.20 Å². The minimum absolute atomic E-state index is 0.227. The van der Waals surface area contributed by atoms with Crippen LogP contribution in [0, 0.1) is 11.3 Å². The number of benzene rings is 1. The number of nitrogens with one attached hydrogen (secondary N) is 2. The second-order valence-electron chi connectivity index (χ2n) is 5.98. The van der Waals surface area contributed by atoms with Crippen molar-refractivity contribution in [3.05, 3.63) is 65.7 Å². The molecule has 2 N–H and O–H groups in total. The number of hydrogen-bond donors (Lipinski definition) is 2. The summed E-state index contributed by atoms with van der Waals surface area (Å²) in [5.41, 5.74) is 2.19. The van der Waals surface area contributed by atoms with Gasteiger partial charge in [0.15, 0.2) is 10.9 Å². The van der Waals surface area contributed by atoms with Gasteiger partial charge in [0.25, 0.3) is 0 Å². The molecule has 0 unspecified atom stereocenters. The van der Waals surface area contributed by atoms with Gasteiger partial charge >= 0.3 is 0 Å². The molecule has 1 aromatic carbocycles. The molecule has 29 heavy (non-hydrogen) atoms. The Morgan fingerprint density at radius 1 is 1.24 bits per heavy atom. The van der Waals surface area contributed by atoms with E-state index in [1.807, 2.05) is 30.3 Å². The zero-order chi connectivity index (χ0) is 20.8. The lowest BCUT2D eigenvalue weighted by Crippen LogP contribution is -2.18. The first kappa shape index (κ1) is 19.9. The Morgan fingerprint density at radius 2 is 2.07 bits per heavy atom. The van der Waals surface area contributed by atoms with Crippen LogP contribution >= 0.6 is 11.3 Å².